The van der Waals surface area contributed by atoms with Gasteiger partial charge in [-0.3, -0.25) is 19.4 Å². The van der Waals surface area contributed by atoms with E-state index >= 15 is 0 Å². The Labute approximate surface area is 148 Å². The fraction of sp³-hybridized carbons (Fsp3) is 0.833. The molecular weight excluding hydrogens is 320 g/mol. The smallest absolute Gasteiger partial charge is 0.325 e. The molecular formula is C18H28N4O3. The summed E-state index contributed by atoms with van der Waals surface area (Å²) in [4.78, 5) is 42.8. The molecule has 138 valence electrons. The molecule has 4 fully saturated rings. The molecule has 0 bridgehead atoms. The lowest BCUT2D eigenvalue weighted by molar-refractivity contribution is -0.140. The summed E-state index contributed by atoms with van der Waals surface area (Å²) in [6.07, 6.45) is 7.11. The van der Waals surface area contributed by atoms with Crippen LogP contribution in [0.3, 0.4) is 0 Å². The molecule has 25 heavy (non-hydrogen) atoms. The Bertz CT molecular complexity index is 577. The number of carbonyl (C=O) groups excluding carboxylic acids is 3. The van der Waals surface area contributed by atoms with Gasteiger partial charge in [0.15, 0.2) is 0 Å². The second-order valence-corrected chi connectivity index (χ2v) is 8.15. The van der Waals surface area contributed by atoms with Crippen LogP contribution in [0.2, 0.25) is 0 Å². The van der Waals surface area contributed by atoms with Crippen LogP contribution in [0.4, 0.5) is 4.79 Å². The van der Waals surface area contributed by atoms with E-state index < -0.39 is 11.6 Å². The molecule has 7 nitrogen and oxygen atoms in total. The summed E-state index contributed by atoms with van der Waals surface area (Å²) in [5.74, 6) is -0.133. The van der Waals surface area contributed by atoms with E-state index in [9.17, 15) is 14.4 Å². The molecule has 0 aromatic heterocycles. The lowest BCUT2D eigenvalue weighted by Gasteiger charge is -2.38. The number of nitrogens with one attached hydrogen (secondary N) is 1. The molecule has 1 unspecified atom stereocenters. The summed E-state index contributed by atoms with van der Waals surface area (Å²) in [5, 5.41) is 2.80. The highest BCUT2D eigenvalue weighted by atomic mass is 16.2. The van der Waals surface area contributed by atoms with Crippen molar-refractivity contribution >= 4 is 17.8 Å². The standard InChI is InChI=1S/C18H28N4O3/c1-18(13-6-7-13)16(24)22(17(25)19-18)12-15(23)21-10-8-20(9-11-21)14-4-2-3-5-14/h13-14H,2-12H2,1H3,(H,19,25). The second kappa shape index (κ2) is 6.27. The van der Waals surface area contributed by atoms with Crippen LogP contribution in [-0.2, 0) is 9.59 Å². The molecule has 1 atom stereocenters. The van der Waals surface area contributed by atoms with Crippen LogP contribution < -0.4 is 5.32 Å². The number of rotatable bonds is 4. The molecule has 2 aliphatic heterocycles. The third-order valence-electron chi connectivity index (χ3n) is 6.50. The van der Waals surface area contributed by atoms with Gasteiger partial charge in [-0.25, -0.2) is 4.79 Å². The van der Waals surface area contributed by atoms with Crippen molar-refractivity contribution in [2.75, 3.05) is 32.7 Å². The zero-order valence-corrected chi connectivity index (χ0v) is 15.0. The highest BCUT2D eigenvalue weighted by molar-refractivity contribution is 6.09. The highest BCUT2D eigenvalue weighted by Gasteiger charge is 2.56. The minimum atomic E-state index is -0.807. The summed E-state index contributed by atoms with van der Waals surface area (Å²) < 4.78 is 0. The lowest BCUT2D eigenvalue weighted by atomic mass is 9.96. The normalized spacial score (nSPS) is 31.7. The van der Waals surface area contributed by atoms with Gasteiger partial charge in [0.05, 0.1) is 0 Å². The molecule has 2 aliphatic carbocycles. The Morgan fingerprint density at radius 2 is 1.72 bits per heavy atom. The van der Waals surface area contributed by atoms with Crippen molar-refractivity contribution in [2.45, 2.75) is 57.0 Å². The van der Waals surface area contributed by atoms with Gasteiger partial charge in [0.2, 0.25) is 5.91 Å². The average Bonchev–Trinajstić information content (AvgIpc) is 3.29. The van der Waals surface area contributed by atoms with Crippen LogP contribution in [0.5, 0.6) is 0 Å². The number of imide groups is 1. The van der Waals surface area contributed by atoms with E-state index in [0.29, 0.717) is 19.1 Å². The molecule has 4 aliphatic rings. The molecule has 0 spiro atoms. The predicted molar refractivity (Wildman–Crippen MR) is 91.8 cm³/mol. The predicted octanol–water partition coefficient (Wildman–Crippen LogP) is 0.794. The summed E-state index contributed by atoms with van der Waals surface area (Å²) in [6, 6.07) is 0.264. The first-order valence-electron chi connectivity index (χ1n) is 9.65. The first kappa shape index (κ1) is 16.8. The minimum absolute atomic E-state index is 0.116. The van der Waals surface area contributed by atoms with Crippen molar-refractivity contribution in [1.82, 2.24) is 20.0 Å². The lowest BCUT2D eigenvalue weighted by Crippen LogP contribution is -2.54. The third kappa shape index (κ3) is 3.03. The average molecular weight is 348 g/mol. The first-order chi connectivity index (χ1) is 12.0. The Hall–Kier alpha value is -1.63. The van der Waals surface area contributed by atoms with Crippen LogP contribution in [0.25, 0.3) is 0 Å². The van der Waals surface area contributed by atoms with Crippen molar-refractivity contribution in [1.29, 1.82) is 0 Å². The van der Waals surface area contributed by atoms with Gasteiger partial charge < -0.3 is 10.2 Å². The van der Waals surface area contributed by atoms with Gasteiger partial charge in [0.1, 0.15) is 12.1 Å². The van der Waals surface area contributed by atoms with Gasteiger partial charge in [-0.2, -0.15) is 0 Å². The topological polar surface area (TPSA) is 73.0 Å². The second-order valence-electron chi connectivity index (χ2n) is 8.15. The number of carbonyl (C=O) groups is 3. The quantitative estimate of drug-likeness (QED) is 0.763. The summed E-state index contributed by atoms with van der Waals surface area (Å²) in [7, 11) is 0. The highest BCUT2D eigenvalue weighted by Crippen LogP contribution is 2.42. The fourth-order valence-corrected chi connectivity index (χ4v) is 4.64. The molecule has 4 rings (SSSR count). The number of urea groups is 1. The molecule has 2 heterocycles. The Balaban J connectivity index is 1.32. The van der Waals surface area contributed by atoms with Gasteiger partial charge in [-0.15, -0.1) is 0 Å². The maximum absolute atomic E-state index is 12.6. The van der Waals surface area contributed by atoms with E-state index in [1.54, 1.807) is 11.8 Å². The van der Waals surface area contributed by atoms with E-state index in [4.69, 9.17) is 0 Å². The van der Waals surface area contributed by atoms with Crippen molar-refractivity contribution in [2.24, 2.45) is 5.92 Å². The maximum atomic E-state index is 12.6. The summed E-state index contributed by atoms with van der Waals surface area (Å²) >= 11 is 0. The summed E-state index contributed by atoms with van der Waals surface area (Å²) in [5.41, 5.74) is -0.807. The van der Waals surface area contributed by atoms with Crippen LogP contribution in [0.1, 0.15) is 45.4 Å². The zero-order chi connectivity index (χ0) is 17.6. The van der Waals surface area contributed by atoms with Gasteiger partial charge in [-0.05, 0) is 38.5 Å². The third-order valence-corrected chi connectivity index (χ3v) is 6.50. The van der Waals surface area contributed by atoms with Crippen molar-refractivity contribution in [3.8, 4) is 0 Å². The van der Waals surface area contributed by atoms with Crippen LogP contribution in [0, 0.1) is 5.92 Å². The van der Waals surface area contributed by atoms with Gasteiger partial charge in [0.25, 0.3) is 5.91 Å². The van der Waals surface area contributed by atoms with Crippen molar-refractivity contribution in [3.63, 3.8) is 0 Å². The number of hydrogen-bond donors (Lipinski definition) is 1. The first-order valence-corrected chi connectivity index (χ1v) is 9.65. The van der Waals surface area contributed by atoms with E-state index in [1.807, 2.05) is 0 Å². The Morgan fingerprint density at radius 3 is 2.32 bits per heavy atom. The number of piperazine rings is 1. The minimum Gasteiger partial charge on any atom is -0.339 e. The number of amides is 4. The molecule has 0 radical (unpaired) electrons. The Kier molecular flexibility index (Phi) is 4.22. The molecule has 0 aromatic rings. The zero-order valence-electron chi connectivity index (χ0n) is 15.0. The largest absolute Gasteiger partial charge is 0.339 e. The molecule has 1 N–H and O–H groups in total. The van der Waals surface area contributed by atoms with Crippen molar-refractivity contribution in [3.05, 3.63) is 0 Å². The van der Waals surface area contributed by atoms with Crippen LogP contribution >= 0.6 is 0 Å². The maximum Gasteiger partial charge on any atom is 0.325 e. The van der Waals surface area contributed by atoms with Gasteiger partial charge >= 0.3 is 6.03 Å². The molecule has 0 aromatic carbocycles. The monoisotopic (exact) mass is 348 g/mol. The Morgan fingerprint density at radius 1 is 1.08 bits per heavy atom. The van der Waals surface area contributed by atoms with Crippen molar-refractivity contribution < 1.29 is 14.4 Å². The summed E-state index contributed by atoms with van der Waals surface area (Å²) in [6.45, 7) is 4.84. The molecule has 7 heteroatoms. The van der Waals surface area contributed by atoms with E-state index in [2.05, 4.69) is 10.2 Å². The molecule has 4 amide bonds. The van der Waals surface area contributed by atoms with E-state index in [-0.39, 0.29) is 24.3 Å². The van der Waals surface area contributed by atoms with Gasteiger partial charge in [-0.1, -0.05) is 12.8 Å². The van der Waals surface area contributed by atoms with Crippen LogP contribution in [0.15, 0.2) is 0 Å². The van der Waals surface area contributed by atoms with Crippen LogP contribution in [-0.4, -0.2) is 76.8 Å². The molecule has 2 saturated carbocycles. The SMILES string of the molecule is CC1(C2CC2)NC(=O)N(CC(=O)N2CCN(C3CCCC3)CC2)C1=O. The fourth-order valence-electron chi connectivity index (χ4n) is 4.64. The van der Waals surface area contributed by atoms with Gasteiger partial charge in [0, 0.05) is 32.2 Å². The van der Waals surface area contributed by atoms with E-state index in [0.717, 1.165) is 30.8 Å². The molecule has 2 saturated heterocycles. The van der Waals surface area contributed by atoms with E-state index in [1.165, 1.54) is 25.7 Å². The number of hydrogen-bond acceptors (Lipinski definition) is 4. The number of nitrogens with zero attached hydrogens (tertiary/aromatic N) is 3.